The molecule has 0 saturated heterocycles. The molecule has 4 rings (SSSR count). The number of nitrogen functional groups attached to an aromatic ring is 1. The minimum atomic E-state index is 0.728. The first kappa shape index (κ1) is 12.2. The molecule has 4 aromatic rings. The summed E-state index contributed by atoms with van der Waals surface area (Å²) < 4.78 is 1.29. The minimum Gasteiger partial charge on any atom is -0.396 e. The Morgan fingerprint density at radius 3 is 2.95 bits per heavy atom. The SMILES string of the molecule is Nc1c(Nc2ccc3sccc3c2)ccc2ncccc12. The number of anilines is 3. The lowest BCUT2D eigenvalue weighted by Gasteiger charge is -2.11. The molecule has 0 aliphatic heterocycles. The van der Waals surface area contributed by atoms with Crippen LogP contribution in [0.3, 0.4) is 0 Å². The summed E-state index contributed by atoms with van der Waals surface area (Å²) in [5.74, 6) is 0. The molecule has 0 unspecified atom stereocenters. The number of fused-ring (bicyclic) bond motifs is 2. The van der Waals surface area contributed by atoms with Gasteiger partial charge in [0.1, 0.15) is 0 Å². The summed E-state index contributed by atoms with van der Waals surface area (Å²) in [5.41, 5.74) is 9.84. The van der Waals surface area contributed by atoms with Crippen molar-refractivity contribution in [3.05, 3.63) is 60.1 Å². The van der Waals surface area contributed by atoms with Crippen LogP contribution >= 0.6 is 11.3 Å². The van der Waals surface area contributed by atoms with Crippen LogP contribution < -0.4 is 11.1 Å². The zero-order valence-electron chi connectivity index (χ0n) is 11.2. The summed E-state index contributed by atoms with van der Waals surface area (Å²) in [6.07, 6.45) is 1.78. The van der Waals surface area contributed by atoms with Crippen molar-refractivity contribution in [2.45, 2.75) is 0 Å². The predicted molar refractivity (Wildman–Crippen MR) is 91.3 cm³/mol. The van der Waals surface area contributed by atoms with Gasteiger partial charge in [-0.25, -0.2) is 0 Å². The molecular formula is C17H13N3S. The summed E-state index contributed by atoms with van der Waals surface area (Å²) in [5, 5.41) is 7.71. The second-order valence-electron chi connectivity index (χ2n) is 4.90. The fourth-order valence-corrected chi connectivity index (χ4v) is 3.26. The van der Waals surface area contributed by atoms with Crippen LogP contribution in [0.25, 0.3) is 21.0 Å². The highest BCUT2D eigenvalue weighted by Gasteiger charge is 2.06. The molecule has 0 bridgehead atoms. The summed E-state index contributed by atoms with van der Waals surface area (Å²) >= 11 is 1.75. The minimum absolute atomic E-state index is 0.728. The van der Waals surface area contributed by atoms with Gasteiger partial charge in [0, 0.05) is 22.0 Å². The van der Waals surface area contributed by atoms with Crippen LogP contribution in [0.1, 0.15) is 0 Å². The maximum Gasteiger partial charge on any atom is 0.0724 e. The number of thiophene rings is 1. The van der Waals surface area contributed by atoms with Crippen LogP contribution in [0, 0.1) is 0 Å². The van der Waals surface area contributed by atoms with Gasteiger partial charge in [0.15, 0.2) is 0 Å². The Morgan fingerprint density at radius 1 is 1.05 bits per heavy atom. The highest BCUT2D eigenvalue weighted by molar-refractivity contribution is 7.17. The molecule has 4 heteroatoms. The Hall–Kier alpha value is -2.59. The smallest absolute Gasteiger partial charge is 0.0724 e. The van der Waals surface area contributed by atoms with E-state index in [0.717, 1.165) is 28.0 Å². The third-order valence-corrected chi connectivity index (χ3v) is 4.46. The molecule has 0 atom stereocenters. The Bertz CT molecular complexity index is 943. The monoisotopic (exact) mass is 291 g/mol. The lowest BCUT2D eigenvalue weighted by atomic mass is 10.1. The molecule has 3 nitrogen and oxygen atoms in total. The van der Waals surface area contributed by atoms with Gasteiger partial charge in [-0.05, 0) is 59.3 Å². The average molecular weight is 291 g/mol. The van der Waals surface area contributed by atoms with Crippen LogP contribution in [-0.2, 0) is 0 Å². The molecule has 3 N–H and O–H groups in total. The Balaban J connectivity index is 1.77. The number of nitrogens with zero attached hydrogens (tertiary/aromatic N) is 1. The van der Waals surface area contributed by atoms with E-state index in [1.54, 1.807) is 17.5 Å². The van der Waals surface area contributed by atoms with Gasteiger partial charge < -0.3 is 11.1 Å². The fraction of sp³-hybridized carbons (Fsp3) is 0. The second kappa shape index (κ2) is 4.75. The van der Waals surface area contributed by atoms with Gasteiger partial charge in [-0.1, -0.05) is 0 Å². The molecule has 0 fully saturated rings. The maximum atomic E-state index is 6.26. The van der Waals surface area contributed by atoms with E-state index in [1.807, 2.05) is 24.3 Å². The van der Waals surface area contributed by atoms with Crippen LogP contribution in [0.2, 0.25) is 0 Å². The van der Waals surface area contributed by atoms with Crippen molar-refractivity contribution < 1.29 is 0 Å². The van der Waals surface area contributed by atoms with Crippen LogP contribution in [0.4, 0.5) is 17.1 Å². The average Bonchev–Trinajstić information content (AvgIpc) is 2.98. The van der Waals surface area contributed by atoms with E-state index in [0.29, 0.717) is 0 Å². The standard InChI is InChI=1S/C17H13N3S/c18-17-13-2-1-8-19-14(13)4-5-15(17)20-12-3-6-16-11(10-12)7-9-21-16/h1-10,20H,18H2. The molecule has 0 aliphatic carbocycles. The van der Waals surface area contributed by atoms with Crippen molar-refractivity contribution >= 4 is 49.4 Å². The molecule has 0 radical (unpaired) electrons. The Morgan fingerprint density at radius 2 is 2.00 bits per heavy atom. The quantitative estimate of drug-likeness (QED) is 0.523. The zero-order valence-corrected chi connectivity index (χ0v) is 12.0. The van der Waals surface area contributed by atoms with Gasteiger partial charge >= 0.3 is 0 Å². The highest BCUT2D eigenvalue weighted by Crippen LogP contribution is 2.31. The topological polar surface area (TPSA) is 50.9 Å². The number of nitrogens with one attached hydrogen (secondary N) is 1. The van der Waals surface area contributed by atoms with E-state index in [1.165, 1.54) is 10.1 Å². The molecular weight excluding hydrogens is 278 g/mol. The van der Waals surface area contributed by atoms with E-state index in [2.05, 4.69) is 39.9 Å². The summed E-state index contributed by atoms with van der Waals surface area (Å²) in [6, 6.07) is 16.3. The second-order valence-corrected chi connectivity index (χ2v) is 5.84. The van der Waals surface area contributed by atoms with Crippen molar-refractivity contribution in [2.75, 3.05) is 11.1 Å². The van der Waals surface area contributed by atoms with E-state index < -0.39 is 0 Å². The zero-order chi connectivity index (χ0) is 14.2. The van der Waals surface area contributed by atoms with Crippen LogP contribution in [0.15, 0.2) is 60.1 Å². The van der Waals surface area contributed by atoms with Crippen molar-refractivity contribution in [3.63, 3.8) is 0 Å². The number of hydrogen-bond acceptors (Lipinski definition) is 4. The number of hydrogen-bond donors (Lipinski definition) is 2. The van der Waals surface area contributed by atoms with Crippen molar-refractivity contribution in [3.8, 4) is 0 Å². The van der Waals surface area contributed by atoms with E-state index in [9.17, 15) is 0 Å². The predicted octanol–water partition coefficient (Wildman–Crippen LogP) is 4.78. The molecule has 2 aromatic carbocycles. The summed E-state index contributed by atoms with van der Waals surface area (Å²) in [6.45, 7) is 0. The van der Waals surface area contributed by atoms with Crippen molar-refractivity contribution in [1.82, 2.24) is 4.98 Å². The molecule has 2 aromatic heterocycles. The van der Waals surface area contributed by atoms with Gasteiger partial charge in [0.2, 0.25) is 0 Å². The number of aromatic nitrogens is 1. The summed E-state index contributed by atoms with van der Waals surface area (Å²) in [7, 11) is 0. The van der Waals surface area contributed by atoms with Crippen molar-refractivity contribution in [1.29, 1.82) is 0 Å². The number of rotatable bonds is 2. The molecule has 102 valence electrons. The molecule has 21 heavy (non-hydrogen) atoms. The fourth-order valence-electron chi connectivity index (χ4n) is 2.48. The van der Waals surface area contributed by atoms with E-state index >= 15 is 0 Å². The van der Waals surface area contributed by atoms with Gasteiger partial charge in [-0.3, -0.25) is 4.98 Å². The van der Waals surface area contributed by atoms with Gasteiger partial charge in [0.25, 0.3) is 0 Å². The number of nitrogens with two attached hydrogens (primary N) is 1. The van der Waals surface area contributed by atoms with Crippen LogP contribution in [-0.4, -0.2) is 4.98 Å². The van der Waals surface area contributed by atoms with Gasteiger partial charge in [-0.15, -0.1) is 11.3 Å². The molecule has 0 amide bonds. The first-order valence-corrected chi connectivity index (χ1v) is 7.57. The lowest BCUT2D eigenvalue weighted by Crippen LogP contribution is -1.97. The Labute approximate surface area is 126 Å². The van der Waals surface area contributed by atoms with Gasteiger partial charge in [0.05, 0.1) is 16.9 Å². The van der Waals surface area contributed by atoms with Crippen molar-refractivity contribution in [2.24, 2.45) is 0 Å². The number of benzene rings is 2. The highest BCUT2D eigenvalue weighted by atomic mass is 32.1. The third kappa shape index (κ3) is 2.10. The van der Waals surface area contributed by atoms with Gasteiger partial charge in [-0.2, -0.15) is 0 Å². The van der Waals surface area contributed by atoms with E-state index in [4.69, 9.17) is 5.73 Å². The number of pyridine rings is 1. The molecule has 0 saturated carbocycles. The van der Waals surface area contributed by atoms with E-state index in [-0.39, 0.29) is 0 Å². The normalized spacial score (nSPS) is 11.0. The maximum absolute atomic E-state index is 6.26. The Kier molecular flexibility index (Phi) is 2.75. The lowest BCUT2D eigenvalue weighted by molar-refractivity contribution is 1.41. The third-order valence-electron chi connectivity index (χ3n) is 3.56. The first-order chi connectivity index (χ1) is 10.3. The summed E-state index contributed by atoms with van der Waals surface area (Å²) in [4.78, 5) is 4.32. The molecule has 0 aliphatic rings. The largest absolute Gasteiger partial charge is 0.396 e. The first-order valence-electron chi connectivity index (χ1n) is 6.69. The molecule has 2 heterocycles. The van der Waals surface area contributed by atoms with Crippen LogP contribution in [0.5, 0.6) is 0 Å². The molecule has 0 spiro atoms.